The van der Waals surface area contributed by atoms with E-state index in [1.165, 1.54) is 37.7 Å². The topological polar surface area (TPSA) is 61.8 Å². The minimum absolute atomic E-state index is 0.193. The Hall–Kier alpha value is -1.71. The Morgan fingerprint density at radius 1 is 1.35 bits per heavy atom. The lowest BCUT2D eigenvalue weighted by Crippen LogP contribution is -2.38. The van der Waals surface area contributed by atoms with Gasteiger partial charge >= 0.3 is 0 Å². The molecule has 110 valence electrons. The maximum absolute atomic E-state index is 9.01. The maximum Gasteiger partial charge on any atom is 0.172 e. The summed E-state index contributed by atoms with van der Waals surface area (Å²) in [5.41, 5.74) is 9.00. The summed E-state index contributed by atoms with van der Waals surface area (Å²) in [6.45, 7) is 5.22. The van der Waals surface area contributed by atoms with Crippen LogP contribution in [0.2, 0.25) is 0 Å². The quantitative estimate of drug-likeness (QED) is 0.384. The molecule has 1 saturated carbocycles. The molecule has 0 amide bonds. The Morgan fingerprint density at radius 2 is 2.05 bits per heavy atom. The molecule has 0 unspecified atom stereocenters. The van der Waals surface area contributed by atoms with Crippen LogP contribution in [0, 0.1) is 6.92 Å². The Bertz CT molecular complexity index is 479. The van der Waals surface area contributed by atoms with Crippen LogP contribution in [0.15, 0.2) is 23.4 Å². The van der Waals surface area contributed by atoms with Crippen LogP contribution in [0.1, 0.15) is 50.2 Å². The number of nitrogens with zero attached hydrogens (tertiary/aromatic N) is 2. The van der Waals surface area contributed by atoms with E-state index in [1.54, 1.807) is 0 Å². The molecule has 4 nitrogen and oxygen atoms in total. The minimum atomic E-state index is 0.193. The number of nitrogens with two attached hydrogens (primary N) is 1. The van der Waals surface area contributed by atoms with Crippen molar-refractivity contribution in [2.45, 2.75) is 52.0 Å². The molecule has 1 aromatic rings. The first-order chi connectivity index (χ1) is 9.69. The Labute approximate surface area is 121 Å². The highest BCUT2D eigenvalue weighted by Crippen LogP contribution is 2.32. The van der Waals surface area contributed by atoms with Crippen LogP contribution in [0.5, 0.6) is 0 Å². The Morgan fingerprint density at radius 3 is 2.65 bits per heavy atom. The van der Waals surface area contributed by atoms with Crippen molar-refractivity contribution >= 4 is 11.5 Å². The molecule has 1 aliphatic rings. The second-order valence-electron chi connectivity index (χ2n) is 5.53. The van der Waals surface area contributed by atoms with E-state index in [0.717, 1.165) is 17.8 Å². The number of hydrogen-bond acceptors (Lipinski definition) is 3. The summed E-state index contributed by atoms with van der Waals surface area (Å²) in [6.07, 6.45) is 6.41. The number of anilines is 1. The molecule has 0 heterocycles. The van der Waals surface area contributed by atoms with Crippen molar-refractivity contribution in [1.29, 1.82) is 0 Å². The number of oxime groups is 1. The highest BCUT2D eigenvalue weighted by atomic mass is 16.4. The number of amidine groups is 1. The van der Waals surface area contributed by atoms with Gasteiger partial charge in [-0.25, -0.2) is 0 Å². The van der Waals surface area contributed by atoms with E-state index in [0.29, 0.717) is 6.04 Å². The van der Waals surface area contributed by atoms with Crippen molar-refractivity contribution in [3.63, 3.8) is 0 Å². The van der Waals surface area contributed by atoms with Crippen molar-refractivity contribution in [2.24, 2.45) is 10.9 Å². The summed E-state index contributed by atoms with van der Waals surface area (Å²) in [5.74, 6) is 0.193. The predicted molar refractivity (Wildman–Crippen MR) is 83.6 cm³/mol. The van der Waals surface area contributed by atoms with Gasteiger partial charge in [-0.3, -0.25) is 0 Å². The third kappa shape index (κ3) is 2.89. The molecule has 3 N–H and O–H groups in total. The van der Waals surface area contributed by atoms with Crippen LogP contribution in [0.25, 0.3) is 0 Å². The summed E-state index contributed by atoms with van der Waals surface area (Å²) in [7, 11) is 0. The number of aryl methyl sites for hydroxylation is 1. The van der Waals surface area contributed by atoms with Gasteiger partial charge in [-0.05, 0) is 38.3 Å². The van der Waals surface area contributed by atoms with E-state index in [9.17, 15) is 0 Å². The normalized spacial score (nSPS) is 17.2. The molecule has 0 bridgehead atoms. The van der Waals surface area contributed by atoms with Gasteiger partial charge in [-0.1, -0.05) is 36.6 Å². The van der Waals surface area contributed by atoms with Crippen LogP contribution in [-0.2, 0) is 0 Å². The Kier molecular flexibility index (Phi) is 4.88. The SMILES string of the molecule is CCN(c1c(C)cccc1/C(N)=N/O)C1CCCCC1. The van der Waals surface area contributed by atoms with E-state index in [1.807, 2.05) is 12.1 Å². The van der Waals surface area contributed by atoms with E-state index in [4.69, 9.17) is 10.9 Å². The van der Waals surface area contributed by atoms with Gasteiger partial charge in [0, 0.05) is 18.2 Å². The summed E-state index contributed by atoms with van der Waals surface area (Å²) in [4.78, 5) is 2.43. The summed E-state index contributed by atoms with van der Waals surface area (Å²) >= 11 is 0. The van der Waals surface area contributed by atoms with Gasteiger partial charge in [0.1, 0.15) is 0 Å². The van der Waals surface area contributed by atoms with Gasteiger partial charge in [0.2, 0.25) is 0 Å². The van der Waals surface area contributed by atoms with E-state index >= 15 is 0 Å². The number of benzene rings is 1. The second kappa shape index (κ2) is 6.64. The van der Waals surface area contributed by atoms with Crippen molar-refractivity contribution in [3.05, 3.63) is 29.3 Å². The zero-order chi connectivity index (χ0) is 14.5. The molecule has 0 spiro atoms. The van der Waals surface area contributed by atoms with Crippen LogP contribution in [-0.4, -0.2) is 23.6 Å². The molecule has 1 fully saturated rings. The van der Waals surface area contributed by atoms with Gasteiger partial charge in [-0.15, -0.1) is 0 Å². The molecule has 2 rings (SSSR count). The van der Waals surface area contributed by atoms with Crippen molar-refractivity contribution in [3.8, 4) is 0 Å². The summed E-state index contributed by atoms with van der Waals surface area (Å²) in [5, 5.41) is 12.2. The smallest absolute Gasteiger partial charge is 0.172 e. The molecule has 0 aromatic heterocycles. The first-order valence-electron chi connectivity index (χ1n) is 7.53. The molecule has 4 heteroatoms. The third-order valence-corrected chi connectivity index (χ3v) is 4.26. The second-order valence-corrected chi connectivity index (χ2v) is 5.53. The maximum atomic E-state index is 9.01. The average molecular weight is 275 g/mol. The first kappa shape index (κ1) is 14.7. The fourth-order valence-electron chi connectivity index (χ4n) is 3.29. The van der Waals surface area contributed by atoms with Gasteiger partial charge in [0.25, 0.3) is 0 Å². The molecule has 0 radical (unpaired) electrons. The molecular formula is C16H25N3O. The van der Waals surface area contributed by atoms with E-state index in [-0.39, 0.29) is 5.84 Å². The van der Waals surface area contributed by atoms with E-state index in [2.05, 4.69) is 30.0 Å². The predicted octanol–water partition coefficient (Wildman–Crippen LogP) is 3.25. The molecule has 1 aromatic carbocycles. The summed E-state index contributed by atoms with van der Waals surface area (Å²) in [6, 6.07) is 6.55. The fraction of sp³-hybridized carbons (Fsp3) is 0.562. The average Bonchev–Trinajstić information content (AvgIpc) is 2.50. The third-order valence-electron chi connectivity index (χ3n) is 4.26. The van der Waals surface area contributed by atoms with Crippen molar-refractivity contribution in [1.82, 2.24) is 0 Å². The van der Waals surface area contributed by atoms with Crippen LogP contribution >= 0.6 is 0 Å². The Balaban J connectivity index is 2.42. The molecular weight excluding hydrogens is 250 g/mol. The lowest BCUT2D eigenvalue weighted by Gasteiger charge is -2.37. The van der Waals surface area contributed by atoms with E-state index < -0.39 is 0 Å². The monoisotopic (exact) mass is 275 g/mol. The summed E-state index contributed by atoms with van der Waals surface area (Å²) < 4.78 is 0. The minimum Gasteiger partial charge on any atom is -0.409 e. The van der Waals surface area contributed by atoms with Crippen LogP contribution < -0.4 is 10.6 Å². The molecule has 0 saturated heterocycles. The fourth-order valence-corrected chi connectivity index (χ4v) is 3.29. The van der Waals surface area contributed by atoms with Crippen LogP contribution in [0.4, 0.5) is 5.69 Å². The lowest BCUT2D eigenvalue weighted by atomic mass is 9.92. The van der Waals surface area contributed by atoms with Gasteiger partial charge in [-0.2, -0.15) is 0 Å². The van der Waals surface area contributed by atoms with Gasteiger partial charge < -0.3 is 15.8 Å². The van der Waals surface area contributed by atoms with Gasteiger partial charge in [0.15, 0.2) is 5.84 Å². The molecule has 20 heavy (non-hydrogen) atoms. The zero-order valence-electron chi connectivity index (χ0n) is 12.5. The van der Waals surface area contributed by atoms with Crippen LogP contribution in [0.3, 0.4) is 0 Å². The van der Waals surface area contributed by atoms with Crippen molar-refractivity contribution < 1.29 is 5.21 Å². The number of para-hydroxylation sites is 1. The first-order valence-corrected chi connectivity index (χ1v) is 7.53. The molecule has 0 aliphatic heterocycles. The highest BCUT2D eigenvalue weighted by Gasteiger charge is 2.24. The van der Waals surface area contributed by atoms with Gasteiger partial charge in [0.05, 0.1) is 5.69 Å². The lowest BCUT2D eigenvalue weighted by molar-refractivity contribution is 0.318. The molecule has 1 aliphatic carbocycles. The standard InChI is InChI=1S/C16H25N3O/c1-3-19(13-9-5-4-6-10-13)15-12(2)8-7-11-14(15)16(17)18-20/h7-8,11,13,20H,3-6,9-10H2,1-2H3,(H2,17,18). The number of rotatable bonds is 4. The number of hydrogen-bond donors (Lipinski definition) is 2. The molecule has 0 atom stereocenters. The zero-order valence-corrected chi connectivity index (χ0v) is 12.5. The van der Waals surface area contributed by atoms with Crippen molar-refractivity contribution in [2.75, 3.05) is 11.4 Å². The highest BCUT2D eigenvalue weighted by molar-refractivity contribution is 6.02. The largest absolute Gasteiger partial charge is 0.409 e.